The van der Waals surface area contributed by atoms with Crippen molar-refractivity contribution in [2.45, 2.75) is 122 Å². The summed E-state index contributed by atoms with van der Waals surface area (Å²) in [5.74, 6) is 4.11. The number of rotatable bonds is 5. The van der Waals surface area contributed by atoms with E-state index in [0.29, 0.717) is 69.2 Å². The maximum absolute atomic E-state index is 13.6. The SMILES string of the molecule is C#C[C@]1(O)CC[C@H]2[C@@H]3CCC4C[C@H](O)[C@@H](N5CCN(C(=O)[C@@H]6CCCN6C(=O)C(=O)CC(C)C)CC5)C[C@]4(C)[C@H]3CC[C@@]21C. The van der Waals surface area contributed by atoms with Crippen LogP contribution >= 0.6 is 0 Å². The zero-order valence-electron chi connectivity index (χ0n) is 27.5. The van der Waals surface area contributed by atoms with Crippen LogP contribution in [0.2, 0.25) is 0 Å². The Labute approximate surface area is 264 Å². The van der Waals surface area contributed by atoms with E-state index in [1.54, 1.807) is 0 Å². The third-order valence-electron chi connectivity index (χ3n) is 13.8. The molecule has 0 radical (unpaired) electrons. The number of amides is 2. The van der Waals surface area contributed by atoms with Gasteiger partial charge in [0.1, 0.15) is 11.6 Å². The molecule has 6 rings (SSSR count). The molecule has 8 nitrogen and oxygen atoms in total. The Morgan fingerprint density at radius 1 is 0.955 bits per heavy atom. The zero-order valence-corrected chi connectivity index (χ0v) is 27.5. The average molecular weight is 610 g/mol. The summed E-state index contributed by atoms with van der Waals surface area (Å²) in [5.41, 5.74) is -1.05. The molecule has 244 valence electrons. The molecule has 0 aromatic heterocycles. The Hall–Kier alpha value is -1.95. The smallest absolute Gasteiger partial charge is 0.290 e. The van der Waals surface area contributed by atoms with Crippen LogP contribution in [0.25, 0.3) is 0 Å². The van der Waals surface area contributed by atoms with Crippen molar-refractivity contribution in [3.8, 4) is 12.3 Å². The molecule has 1 unspecified atom stereocenters. The minimum atomic E-state index is -0.991. The fraction of sp³-hybridized carbons (Fsp3) is 0.861. The maximum Gasteiger partial charge on any atom is 0.290 e. The molecule has 0 bridgehead atoms. The fourth-order valence-corrected chi connectivity index (χ4v) is 11.3. The van der Waals surface area contributed by atoms with Gasteiger partial charge in [0.2, 0.25) is 11.7 Å². The van der Waals surface area contributed by atoms with Crippen molar-refractivity contribution in [2.75, 3.05) is 32.7 Å². The predicted octanol–water partition coefficient (Wildman–Crippen LogP) is 3.48. The topological polar surface area (TPSA) is 101 Å². The zero-order chi connectivity index (χ0) is 31.6. The third-order valence-corrected chi connectivity index (χ3v) is 13.8. The van der Waals surface area contributed by atoms with Gasteiger partial charge in [-0.15, -0.1) is 6.42 Å². The first kappa shape index (κ1) is 32.0. The Morgan fingerprint density at radius 2 is 1.66 bits per heavy atom. The summed E-state index contributed by atoms with van der Waals surface area (Å²) >= 11 is 0. The summed E-state index contributed by atoms with van der Waals surface area (Å²) in [4.78, 5) is 44.8. The molecule has 0 aromatic rings. The highest BCUT2D eigenvalue weighted by Crippen LogP contribution is 2.68. The van der Waals surface area contributed by atoms with Gasteiger partial charge in [0, 0.05) is 50.6 Å². The number of likely N-dealkylation sites (tertiary alicyclic amines) is 1. The van der Waals surface area contributed by atoms with Gasteiger partial charge >= 0.3 is 0 Å². The Bertz CT molecular complexity index is 1190. The molecule has 6 aliphatic rings. The molecule has 0 spiro atoms. The summed E-state index contributed by atoms with van der Waals surface area (Å²) in [6.07, 6.45) is 15.0. The van der Waals surface area contributed by atoms with Crippen molar-refractivity contribution < 1.29 is 24.6 Å². The van der Waals surface area contributed by atoms with E-state index in [4.69, 9.17) is 6.42 Å². The van der Waals surface area contributed by atoms with Crippen LogP contribution in [0.3, 0.4) is 0 Å². The monoisotopic (exact) mass is 609 g/mol. The van der Waals surface area contributed by atoms with Crippen LogP contribution in [0.1, 0.15) is 98.3 Å². The molecular weight excluding hydrogens is 554 g/mol. The number of aliphatic hydroxyl groups is 2. The molecule has 4 aliphatic carbocycles. The number of carbonyl (C=O) groups excluding carboxylic acids is 3. The van der Waals surface area contributed by atoms with Crippen LogP contribution in [0.4, 0.5) is 0 Å². The number of terminal acetylenes is 1. The molecule has 2 N–H and O–H groups in total. The molecule has 8 heteroatoms. The molecule has 4 saturated carbocycles. The maximum atomic E-state index is 13.6. The molecule has 2 saturated heterocycles. The number of piperazine rings is 1. The second-order valence-corrected chi connectivity index (χ2v) is 16.3. The number of nitrogens with zero attached hydrogens (tertiary/aromatic N) is 3. The van der Waals surface area contributed by atoms with E-state index < -0.39 is 23.3 Å². The number of hydrogen-bond donors (Lipinski definition) is 2. The standard InChI is InChI=1S/C36H55N3O5/c1-6-36(44)14-12-27-25-10-9-24-21-30(40)29(22-34(24,4)26(25)11-13-35(27,36)5)37-16-18-38(19-17-37)32(42)28-8-7-15-39(28)33(43)31(41)20-23(2)3/h1,23-30,40,44H,7-22H2,2-5H3/t24?,25-,26+,27+,28+,29+,30+,34+,35+,36+/m1/s1. The summed E-state index contributed by atoms with van der Waals surface area (Å²) in [6.45, 7) is 11.6. The Morgan fingerprint density at radius 3 is 2.34 bits per heavy atom. The van der Waals surface area contributed by atoms with E-state index in [1.807, 2.05) is 18.7 Å². The summed E-state index contributed by atoms with van der Waals surface area (Å²) in [6, 6.07) is -0.464. The van der Waals surface area contributed by atoms with E-state index in [1.165, 1.54) is 11.3 Å². The minimum Gasteiger partial charge on any atom is -0.391 e. The largest absolute Gasteiger partial charge is 0.391 e. The minimum absolute atomic E-state index is 0.0343. The van der Waals surface area contributed by atoms with E-state index >= 15 is 0 Å². The first-order valence-electron chi connectivity index (χ1n) is 17.6. The van der Waals surface area contributed by atoms with Gasteiger partial charge in [-0.2, -0.15) is 0 Å². The number of Topliss-reactive ketones (excluding diaryl/α,β-unsaturated/α-hetero) is 1. The number of carbonyl (C=O) groups is 3. The highest BCUT2D eigenvalue weighted by Gasteiger charge is 2.65. The Balaban J connectivity index is 1.10. The summed E-state index contributed by atoms with van der Waals surface area (Å²) in [7, 11) is 0. The second kappa shape index (κ2) is 11.7. The first-order valence-corrected chi connectivity index (χ1v) is 17.6. The lowest BCUT2D eigenvalue weighted by Crippen LogP contribution is -2.63. The third kappa shape index (κ3) is 5.04. The van der Waals surface area contributed by atoms with Crippen molar-refractivity contribution in [1.29, 1.82) is 0 Å². The summed E-state index contributed by atoms with van der Waals surface area (Å²) in [5, 5.41) is 22.8. The fourth-order valence-electron chi connectivity index (χ4n) is 11.3. The van der Waals surface area contributed by atoms with Crippen molar-refractivity contribution in [1.82, 2.24) is 14.7 Å². The molecule has 2 aliphatic heterocycles. The highest BCUT2D eigenvalue weighted by atomic mass is 16.3. The van der Waals surface area contributed by atoms with Gasteiger partial charge in [-0.1, -0.05) is 33.6 Å². The number of hydrogen-bond acceptors (Lipinski definition) is 6. The van der Waals surface area contributed by atoms with Crippen molar-refractivity contribution in [3.05, 3.63) is 0 Å². The van der Waals surface area contributed by atoms with Crippen LogP contribution in [0.15, 0.2) is 0 Å². The second-order valence-electron chi connectivity index (χ2n) is 16.3. The lowest BCUT2D eigenvalue weighted by molar-refractivity contribution is -0.163. The average Bonchev–Trinajstić information content (AvgIpc) is 3.59. The number of aliphatic hydroxyl groups excluding tert-OH is 1. The van der Waals surface area contributed by atoms with E-state index in [-0.39, 0.29) is 41.2 Å². The van der Waals surface area contributed by atoms with Gasteiger partial charge in [0.15, 0.2) is 0 Å². The van der Waals surface area contributed by atoms with Crippen LogP contribution in [0.5, 0.6) is 0 Å². The van der Waals surface area contributed by atoms with Gasteiger partial charge < -0.3 is 20.0 Å². The highest BCUT2D eigenvalue weighted by molar-refractivity contribution is 6.36. The van der Waals surface area contributed by atoms with E-state index in [2.05, 4.69) is 24.7 Å². The van der Waals surface area contributed by atoms with Crippen LogP contribution in [0, 0.1) is 52.8 Å². The molecule has 2 amide bonds. The van der Waals surface area contributed by atoms with Gasteiger partial charge in [-0.3, -0.25) is 19.3 Å². The molecule has 10 atom stereocenters. The Kier molecular flexibility index (Phi) is 8.50. The van der Waals surface area contributed by atoms with E-state index in [0.717, 1.165) is 44.9 Å². The quantitative estimate of drug-likeness (QED) is 0.366. The molecular formula is C36H55N3O5. The molecule has 2 heterocycles. The van der Waals surface area contributed by atoms with Gasteiger partial charge in [0.05, 0.1) is 6.10 Å². The van der Waals surface area contributed by atoms with E-state index in [9.17, 15) is 24.6 Å². The van der Waals surface area contributed by atoms with Crippen LogP contribution < -0.4 is 0 Å². The van der Waals surface area contributed by atoms with Crippen LogP contribution in [-0.4, -0.2) is 99.0 Å². The lowest BCUT2D eigenvalue weighted by atomic mass is 9.44. The van der Waals surface area contributed by atoms with Crippen molar-refractivity contribution >= 4 is 17.6 Å². The van der Waals surface area contributed by atoms with Crippen LogP contribution in [-0.2, 0) is 14.4 Å². The summed E-state index contributed by atoms with van der Waals surface area (Å²) < 4.78 is 0. The predicted molar refractivity (Wildman–Crippen MR) is 168 cm³/mol. The van der Waals surface area contributed by atoms with Gasteiger partial charge in [0.25, 0.3) is 5.91 Å². The number of fused-ring (bicyclic) bond motifs is 5. The first-order chi connectivity index (χ1) is 20.8. The molecule has 0 aromatic carbocycles. The molecule has 44 heavy (non-hydrogen) atoms. The molecule has 6 fully saturated rings. The lowest BCUT2D eigenvalue weighted by Gasteiger charge is -2.63. The normalized spacial score (nSPS) is 44.1. The van der Waals surface area contributed by atoms with Crippen molar-refractivity contribution in [3.63, 3.8) is 0 Å². The number of ketones is 1. The van der Waals surface area contributed by atoms with Crippen molar-refractivity contribution in [2.24, 2.45) is 40.4 Å². The van der Waals surface area contributed by atoms with Gasteiger partial charge in [-0.05, 0) is 99.2 Å². The van der Waals surface area contributed by atoms with Gasteiger partial charge in [-0.25, -0.2) is 0 Å².